The van der Waals surface area contributed by atoms with Crippen molar-refractivity contribution in [3.05, 3.63) is 42.7 Å². The zero-order valence-corrected chi connectivity index (χ0v) is 11.7. The van der Waals surface area contributed by atoms with E-state index in [-0.39, 0.29) is 11.9 Å². The zero-order chi connectivity index (χ0) is 14.4. The fraction of sp³-hybridized carbons (Fsp3) is 0.357. The number of rotatable bonds is 6. The van der Waals surface area contributed by atoms with Gasteiger partial charge in [-0.05, 0) is 26.0 Å². The van der Waals surface area contributed by atoms with E-state index in [1.165, 1.54) is 0 Å². The molecule has 20 heavy (non-hydrogen) atoms. The highest BCUT2D eigenvalue weighted by Crippen LogP contribution is 2.10. The Bertz CT molecular complexity index is 552. The molecule has 1 atom stereocenters. The molecule has 0 fully saturated rings. The Morgan fingerprint density at radius 3 is 3.00 bits per heavy atom. The van der Waals surface area contributed by atoms with Gasteiger partial charge in [-0.2, -0.15) is 0 Å². The predicted octanol–water partition coefficient (Wildman–Crippen LogP) is 1.53. The second-order valence-corrected chi connectivity index (χ2v) is 4.59. The average Bonchev–Trinajstić information content (AvgIpc) is 2.92. The van der Waals surface area contributed by atoms with E-state index in [1.807, 2.05) is 23.8 Å². The van der Waals surface area contributed by atoms with Crippen molar-refractivity contribution in [1.82, 2.24) is 19.9 Å². The van der Waals surface area contributed by atoms with Crippen molar-refractivity contribution in [2.24, 2.45) is 0 Å². The highest BCUT2D eigenvalue weighted by molar-refractivity contribution is 5.93. The summed E-state index contributed by atoms with van der Waals surface area (Å²) in [7, 11) is 0. The van der Waals surface area contributed by atoms with E-state index in [2.05, 4.69) is 27.5 Å². The molecule has 0 radical (unpaired) electrons. The van der Waals surface area contributed by atoms with Crippen LogP contribution in [0.1, 0.15) is 24.3 Å². The molecule has 2 aromatic rings. The van der Waals surface area contributed by atoms with Crippen LogP contribution in [-0.4, -0.2) is 33.0 Å². The molecule has 2 aromatic heterocycles. The van der Waals surface area contributed by atoms with Crippen LogP contribution < -0.4 is 10.6 Å². The minimum Gasteiger partial charge on any atom is -0.381 e. The molecule has 0 spiro atoms. The fourth-order valence-corrected chi connectivity index (χ4v) is 1.94. The Hall–Kier alpha value is -2.37. The van der Waals surface area contributed by atoms with E-state index in [0.717, 1.165) is 12.2 Å². The number of hydrogen-bond acceptors (Lipinski definition) is 4. The average molecular weight is 273 g/mol. The molecule has 0 aromatic carbocycles. The van der Waals surface area contributed by atoms with E-state index in [9.17, 15) is 4.79 Å². The van der Waals surface area contributed by atoms with Crippen molar-refractivity contribution in [3.63, 3.8) is 0 Å². The first-order valence-electron chi connectivity index (χ1n) is 6.65. The third-order valence-corrected chi connectivity index (χ3v) is 2.79. The molecule has 106 valence electrons. The lowest BCUT2D eigenvalue weighted by molar-refractivity contribution is 0.0951. The van der Waals surface area contributed by atoms with Crippen LogP contribution in [0.3, 0.4) is 0 Å². The SMILES string of the molecule is CCNC(=O)c1cc(NC(C)Cn2ccnc2)ccn1. The van der Waals surface area contributed by atoms with Gasteiger partial charge in [0.1, 0.15) is 5.69 Å². The Kier molecular flexibility index (Phi) is 4.70. The largest absolute Gasteiger partial charge is 0.381 e. The first-order chi connectivity index (χ1) is 9.69. The summed E-state index contributed by atoms with van der Waals surface area (Å²) in [6, 6.07) is 3.83. The molecule has 2 N–H and O–H groups in total. The summed E-state index contributed by atoms with van der Waals surface area (Å²) in [6.45, 7) is 5.35. The summed E-state index contributed by atoms with van der Waals surface area (Å²) < 4.78 is 2.00. The molecular formula is C14H19N5O. The molecule has 2 heterocycles. The monoisotopic (exact) mass is 273 g/mol. The van der Waals surface area contributed by atoms with Gasteiger partial charge in [-0.3, -0.25) is 9.78 Å². The number of nitrogens with zero attached hydrogens (tertiary/aromatic N) is 3. The van der Waals surface area contributed by atoms with Gasteiger partial charge < -0.3 is 15.2 Å². The molecule has 6 heteroatoms. The molecule has 1 amide bonds. The number of carbonyl (C=O) groups excluding carboxylic acids is 1. The molecule has 0 bridgehead atoms. The van der Waals surface area contributed by atoms with Gasteiger partial charge >= 0.3 is 0 Å². The van der Waals surface area contributed by atoms with Crippen molar-refractivity contribution in [1.29, 1.82) is 0 Å². The smallest absolute Gasteiger partial charge is 0.269 e. The Morgan fingerprint density at radius 2 is 2.30 bits per heavy atom. The van der Waals surface area contributed by atoms with Crippen molar-refractivity contribution < 1.29 is 4.79 Å². The number of carbonyl (C=O) groups is 1. The molecule has 0 aliphatic rings. The normalized spacial score (nSPS) is 11.9. The lowest BCUT2D eigenvalue weighted by Gasteiger charge is -2.16. The third kappa shape index (κ3) is 3.81. The number of amides is 1. The van der Waals surface area contributed by atoms with Crippen LogP contribution in [0.15, 0.2) is 37.1 Å². The Labute approximate surface area is 118 Å². The Balaban J connectivity index is 1.98. The van der Waals surface area contributed by atoms with Crippen molar-refractivity contribution in [2.45, 2.75) is 26.4 Å². The topological polar surface area (TPSA) is 71.8 Å². The third-order valence-electron chi connectivity index (χ3n) is 2.79. The van der Waals surface area contributed by atoms with Gasteiger partial charge in [0.15, 0.2) is 0 Å². The molecule has 0 aliphatic heterocycles. The van der Waals surface area contributed by atoms with Gasteiger partial charge in [0, 0.05) is 43.4 Å². The van der Waals surface area contributed by atoms with E-state index in [0.29, 0.717) is 12.2 Å². The summed E-state index contributed by atoms with van der Waals surface area (Å²) in [5, 5.41) is 6.09. The first kappa shape index (κ1) is 14.0. The number of anilines is 1. The molecule has 0 aliphatic carbocycles. The van der Waals surface area contributed by atoms with Gasteiger partial charge in [0.2, 0.25) is 0 Å². The first-order valence-corrected chi connectivity index (χ1v) is 6.65. The summed E-state index contributed by atoms with van der Waals surface area (Å²) in [4.78, 5) is 19.8. The van der Waals surface area contributed by atoms with Gasteiger partial charge in [-0.15, -0.1) is 0 Å². The van der Waals surface area contributed by atoms with E-state index in [4.69, 9.17) is 0 Å². The lowest BCUT2D eigenvalue weighted by Crippen LogP contribution is -2.24. The summed E-state index contributed by atoms with van der Waals surface area (Å²) in [5.41, 5.74) is 1.31. The van der Waals surface area contributed by atoms with Crippen LogP contribution in [0.5, 0.6) is 0 Å². The second-order valence-electron chi connectivity index (χ2n) is 4.59. The van der Waals surface area contributed by atoms with Gasteiger partial charge in [0.05, 0.1) is 6.33 Å². The molecule has 1 unspecified atom stereocenters. The molecule has 0 saturated carbocycles. The minimum atomic E-state index is -0.154. The standard InChI is InChI=1S/C14H19N5O/c1-3-16-14(20)13-8-12(4-5-17-13)18-11(2)9-19-7-6-15-10-19/h4-8,10-11H,3,9H2,1-2H3,(H,16,20)(H,17,18). The van der Waals surface area contributed by atoms with Gasteiger partial charge in [-0.1, -0.05) is 0 Å². The fourth-order valence-electron chi connectivity index (χ4n) is 1.94. The van der Waals surface area contributed by atoms with Crippen LogP contribution in [0, 0.1) is 0 Å². The maximum atomic E-state index is 11.7. The summed E-state index contributed by atoms with van der Waals surface area (Å²) in [5.74, 6) is -0.154. The predicted molar refractivity (Wildman–Crippen MR) is 77.6 cm³/mol. The van der Waals surface area contributed by atoms with Crippen LogP contribution in [-0.2, 0) is 6.54 Å². The minimum absolute atomic E-state index is 0.154. The van der Waals surface area contributed by atoms with Crippen LogP contribution in [0.4, 0.5) is 5.69 Å². The van der Waals surface area contributed by atoms with Crippen LogP contribution in [0.25, 0.3) is 0 Å². The van der Waals surface area contributed by atoms with E-state index in [1.54, 1.807) is 24.8 Å². The lowest BCUT2D eigenvalue weighted by atomic mass is 10.2. The zero-order valence-electron chi connectivity index (χ0n) is 11.7. The summed E-state index contributed by atoms with van der Waals surface area (Å²) >= 11 is 0. The van der Waals surface area contributed by atoms with E-state index < -0.39 is 0 Å². The van der Waals surface area contributed by atoms with Crippen molar-refractivity contribution in [2.75, 3.05) is 11.9 Å². The second kappa shape index (κ2) is 6.70. The van der Waals surface area contributed by atoms with Crippen molar-refractivity contribution >= 4 is 11.6 Å². The number of nitrogens with one attached hydrogen (secondary N) is 2. The van der Waals surface area contributed by atoms with Crippen LogP contribution in [0.2, 0.25) is 0 Å². The van der Waals surface area contributed by atoms with Crippen LogP contribution >= 0.6 is 0 Å². The van der Waals surface area contributed by atoms with Gasteiger partial charge in [-0.25, -0.2) is 4.98 Å². The van der Waals surface area contributed by atoms with E-state index >= 15 is 0 Å². The highest BCUT2D eigenvalue weighted by Gasteiger charge is 2.08. The highest BCUT2D eigenvalue weighted by atomic mass is 16.1. The molecular weight excluding hydrogens is 254 g/mol. The number of hydrogen-bond donors (Lipinski definition) is 2. The quantitative estimate of drug-likeness (QED) is 0.837. The van der Waals surface area contributed by atoms with Gasteiger partial charge in [0.25, 0.3) is 5.91 Å². The Morgan fingerprint density at radius 1 is 1.45 bits per heavy atom. The number of imidazole rings is 1. The molecule has 2 rings (SSSR count). The summed E-state index contributed by atoms with van der Waals surface area (Å²) in [6.07, 6.45) is 7.10. The molecule has 6 nitrogen and oxygen atoms in total. The number of pyridine rings is 1. The maximum Gasteiger partial charge on any atom is 0.269 e. The van der Waals surface area contributed by atoms with Crippen molar-refractivity contribution in [3.8, 4) is 0 Å². The number of aromatic nitrogens is 3. The maximum absolute atomic E-state index is 11.7. The molecule has 0 saturated heterocycles.